The molecule has 0 radical (unpaired) electrons. The Bertz CT molecular complexity index is 1040. The lowest BCUT2D eigenvalue weighted by Crippen LogP contribution is -2.41. The van der Waals surface area contributed by atoms with Gasteiger partial charge in [-0.25, -0.2) is 5.43 Å². The zero-order valence-corrected chi connectivity index (χ0v) is 17.1. The maximum absolute atomic E-state index is 11.7. The molecule has 0 spiro atoms. The molecule has 6 nitrogen and oxygen atoms in total. The van der Waals surface area contributed by atoms with Gasteiger partial charge in [-0.05, 0) is 59.5 Å². The first-order valence-electron chi connectivity index (χ1n) is 9.90. The second-order valence-corrected chi connectivity index (χ2v) is 6.98. The van der Waals surface area contributed by atoms with E-state index in [-0.39, 0.29) is 6.04 Å². The van der Waals surface area contributed by atoms with Crippen molar-refractivity contribution < 1.29 is 14.3 Å². The monoisotopic (exact) mass is 403 g/mol. The van der Waals surface area contributed by atoms with Gasteiger partial charge in [-0.15, -0.1) is 0 Å². The number of ether oxygens (including phenoxy) is 1. The van der Waals surface area contributed by atoms with E-state index in [4.69, 9.17) is 4.74 Å². The molecule has 6 heteroatoms. The second-order valence-electron chi connectivity index (χ2n) is 6.98. The summed E-state index contributed by atoms with van der Waals surface area (Å²) in [6.07, 6.45) is 2.22. The van der Waals surface area contributed by atoms with E-state index in [1.165, 1.54) is 17.0 Å². The Kier molecular flexibility index (Phi) is 7.16. The molecule has 3 rings (SSSR count). The Hall–Kier alpha value is -3.67. The highest BCUT2D eigenvalue weighted by Crippen LogP contribution is 2.20. The highest BCUT2D eigenvalue weighted by molar-refractivity contribution is 6.35. The third kappa shape index (κ3) is 5.67. The lowest BCUT2D eigenvalue weighted by atomic mass is 10.1. The van der Waals surface area contributed by atoms with Crippen LogP contribution in [0.3, 0.4) is 0 Å². The van der Waals surface area contributed by atoms with Gasteiger partial charge in [0.25, 0.3) is 0 Å². The molecular formula is C24H25N3O3. The Morgan fingerprint density at radius 1 is 1.00 bits per heavy atom. The number of hydrogen-bond acceptors (Lipinski definition) is 4. The summed E-state index contributed by atoms with van der Waals surface area (Å²) in [7, 11) is 0. The van der Waals surface area contributed by atoms with Gasteiger partial charge < -0.3 is 10.1 Å². The summed E-state index contributed by atoms with van der Waals surface area (Å²) in [5.41, 5.74) is 4.12. The number of carbonyl (C=O) groups excluding carboxylic acids is 2. The smallest absolute Gasteiger partial charge is 0.329 e. The zero-order valence-electron chi connectivity index (χ0n) is 17.1. The molecule has 30 heavy (non-hydrogen) atoms. The number of amides is 2. The van der Waals surface area contributed by atoms with Crippen LogP contribution in [0, 0.1) is 0 Å². The molecule has 3 aromatic rings. The van der Waals surface area contributed by atoms with E-state index in [0.29, 0.717) is 6.61 Å². The number of nitrogens with one attached hydrogen (secondary N) is 2. The van der Waals surface area contributed by atoms with Crippen molar-refractivity contribution in [3.05, 3.63) is 77.9 Å². The molecule has 2 N–H and O–H groups in total. The first-order valence-corrected chi connectivity index (χ1v) is 9.90. The lowest BCUT2D eigenvalue weighted by molar-refractivity contribution is -0.139. The first kappa shape index (κ1) is 21.0. The van der Waals surface area contributed by atoms with E-state index in [0.717, 1.165) is 23.3 Å². The van der Waals surface area contributed by atoms with Crippen molar-refractivity contribution in [3.63, 3.8) is 0 Å². The van der Waals surface area contributed by atoms with Gasteiger partial charge in [-0.1, -0.05) is 49.4 Å². The van der Waals surface area contributed by atoms with Crippen molar-refractivity contribution in [2.45, 2.75) is 32.9 Å². The fourth-order valence-electron chi connectivity index (χ4n) is 2.84. The molecule has 0 unspecified atom stereocenters. The van der Waals surface area contributed by atoms with Crippen molar-refractivity contribution in [2.24, 2.45) is 5.10 Å². The Morgan fingerprint density at radius 3 is 2.50 bits per heavy atom. The first-order chi connectivity index (χ1) is 14.6. The van der Waals surface area contributed by atoms with E-state index in [1.54, 1.807) is 0 Å². The maximum atomic E-state index is 11.7. The lowest BCUT2D eigenvalue weighted by Gasteiger charge is -2.09. The minimum Gasteiger partial charge on any atom is -0.489 e. The third-order valence-electron chi connectivity index (χ3n) is 4.73. The third-order valence-corrected chi connectivity index (χ3v) is 4.73. The number of carbonyl (C=O) groups is 2. The van der Waals surface area contributed by atoms with Crippen molar-refractivity contribution in [2.75, 3.05) is 0 Å². The Morgan fingerprint density at radius 2 is 1.73 bits per heavy atom. The SMILES string of the molecule is CC[C@H](C)NC(=O)C(=O)N/N=C\c1ccc(OCc2cccc3ccccc23)cc1. The molecule has 0 bridgehead atoms. The van der Waals surface area contributed by atoms with Crippen LogP contribution >= 0.6 is 0 Å². The van der Waals surface area contributed by atoms with Gasteiger partial charge in [0.05, 0.1) is 6.21 Å². The largest absolute Gasteiger partial charge is 0.489 e. The summed E-state index contributed by atoms with van der Waals surface area (Å²) < 4.78 is 5.91. The van der Waals surface area contributed by atoms with Gasteiger partial charge in [-0.2, -0.15) is 5.10 Å². The second kappa shape index (κ2) is 10.2. The fraction of sp³-hybridized carbons (Fsp3) is 0.208. The van der Waals surface area contributed by atoms with Crippen LogP contribution < -0.4 is 15.5 Å². The maximum Gasteiger partial charge on any atom is 0.329 e. The molecule has 0 aromatic heterocycles. The Labute approximate surface area is 175 Å². The minimum absolute atomic E-state index is 0.0614. The van der Waals surface area contributed by atoms with E-state index in [9.17, 15) is 9.59 Å². The van der Waals surface area contributed by atoms with Gasteiger partial charge in [-0.3, -0.25) is 9.59 Å². The van der Waals surface area contributed by atoms with Crippen molar-refractivity contribution in [3.8, 4) is 5.75 Å². The van der Waals surface area contributed by atoms with Crippen LogP contribution in [-0.2, 0) is 16.2 Å². The molecule has 2 amide bonds. The van der Waals surface area contributed by atoms with Gasteiger partial charge in [0.15, 0.2) is 0 Å². The number of benzene rings is 3. The predicted octanol–water partition coefficient (Wildman–Crippen LogP) is 3.78. The number of hydrogen-bond donors (Lipinski definition) is 2. The minimum atomic E-state index is -0.790. The topological polar surface area (TPSA) is 79.8 Å². The normalized spacial score (nSPS) is 11.9. The van der Waals surface area contributed by atoms with E-state index in [2.05, 4.69) is 40.1 Å². The zero-order chi connectivity index (χ0) is 21.3. The molecule has 1 atom stereocenters. The van der Waals surface area contributed by atoms with Crippen molar-refractivity contribution >= 4 is 28.8 Å². The molecule has 0 aliphatic rings. The molecule has 0 aliphatic carbocycles. The van der Waals surface area contributed by atoms with Gasteiger partial charge in [0, 0.05) is 6.04 Å². The molecule has 0 saturated carbocycles. The molecule has 0 saturated heterocycles. The Balaban J connectivity index is 1.53. The number of fused-ring (bicyclic) bond motifs is 1. The van der Waals surface area contributed by atoms with Crippen molar-refractivity contribution in [1.82, 2.24) is 10.7 Å². The summed E-state index contributed by atoms with van der Waals surface area (Å²) >= 11 is 0. The number of rotatable bonds is 7. The summed E-state index contributed by atoms with van der Waals surface area (Å²) in [6.45, 7) is 4.23. The fourth-order valence-corrected chi connectivity index (χ4v) is 2.84. The summed E-state index contributed by atoms with van der Waals surface area (Å²) in [4.78, 5) is 23.4. The highest BCUT2D eigenvalue weighted by atomic mass is 16.5. The van der Waals surface area contributed by atoms with Crippen LogP contribution in [0.1, 0.15) is 31.4 Å². The van der Waals surface area contributed by atoms with E-state index >= 15 is 0 Å². The van der Waals surface area contributed by atoms with Crippen LogP contribution in [0.4, 0.5) is 0 Å². The van der Waals surface area contributed by atoms with Gasteiger partial charge in [0.2, 0.25) is 0 Å². The van der Waals surface area contributed by atoms with Gasteiger partial charge in [0.1, 0.15) is 12.4 Å². The van der Waals surface area contributed by atoms with Gasteiger partial charge >= 0.3 is 11.8 Å². The summed E-state index contributed by atoms with van der Waals surface area (Å²) in [6, 6.07) is 21.6. The molecule has 3 aromatic carbocycles. The van der Waals surface area contributed by atoms with Crippen LogP contribution in [0.15, 0.2) is 71.8 Å². The summed E-state index contributed by atoms with van der Waals surface area (Å²) in [5.74, 6) is -0.752. The van der Waals surface area contributed by atoms with E-state index in [1.807, 2.05) is 56.3 Å². The number of nitrogens with zero attached hydrogens (tertiary/aromatic N) is 1. The predicted molar refractivity (Wildman–Crippen MR) is 118 cm³/mol. The molecule has 0 aliphatic heterocycles. The molecule has 0 heterocycles. The number of hydrazone groups is 1. The van der Waals surface area contributed by atoms with Crippen LogP contribution in [0.2, 0.25) is 0 Å². The van der Waals surface area contributed by atoms with E-state index < -0.39 is 11.8 Å². The molecule has 0 fully saturated rings. The highest BCUT2D eigenvalue weighted by Gasteiger charge is 2.14. The standard InChI is InChI=1S/C24H25N3O3/c1-3-17(2)26-23(28)24(29)27-25-15-18-11-13-21(14-12-18)30-16-20-9-6-8-19-7-4-5-10-22(19)20/h4-15,17H,3,16H2,1-2H3,(H,26,28)(H,27,29)/b25-15-/t17-/m0/s1. The summed E-state index contributed by atoms with van der Waals surface area (Å²) in [5, 5.41) is 8.77. The van der Waals surface area contributed by atoms with Crippen LogP contribution in [0.5, 0.6) is 5.75 Å². The van der Waals surface area contributed by atoms with Crippen molar-refractivity contribution in [1.29, 1.82) is 0 Å². The quantitative estimate of drug-likeness (QED) is 0.358. The average Bonchev–Trinajstić information content (AvgIpc) is 2.78. The van der Waals surface area contributed by atoms with Crippen LogP contribution in [-0.4, -0.2) is 24.1 Å². The molecular weight excluding hydrogens is 378 g/mol. The average molecular weight is 403 g/mol. The molecule has 154 valence electrons. The van der Waals surface area contributed by atoms with Crippen LogP contribution in [0.25, 0.3) is 10.8 Å².